The average molecular weight is 212 g/mol. The van der Waals surface area contributed by atoms with E-state index in [2.05, 4.69) is 11.8 Å². The number of hydrogen-bond donors (Lipinski definition) is 1. The smallest absolute Gasteiger partial charge is 0.0576 e. The highest BCUT2D eigenvalue weighted by atomic mass is 16.5. The zero-order chi connectivity index (χ0) is 10.7. The van der Waals surface area contributed by atoms with Crippen LogP contribution in [0.4, 0.5) is 0 Å². The van der Waals surface area contributed by atoms with Crippen LogP contribution in [0.25, 0.3) is 0 Å². The van der Waals surface area contributed by atoms with Gasteiger partial charge in [0.1, 0.15) is 0 Å². The second-order valence-corrected chi connectivity index (χ2v) is 5.18. The Hall–Kier alpha value is -0.120. The summed E-state index contributed by atoms with van der Waals surface area (Å²) in [5.41, 5.74) is 6.00. The van der Waals surface area contributed by atoms with Gasteiger partial charge in [0.2, 0.25) is 0 Å². The number of likely N-dealkylation sites (tertiary alicyclic amines) is 1. The van der Waals surface area contributed by atoms with E-state index in [1.807, 2.05) is 0 Å². The quantitative estimate of drug-likeness (QED) is 0.761. The largest absolute Gasteiger partial charge is 0.378 e. The molecule has 2 saturated heterocycles. The van der Waals surface area contributed by atoms with Crippen LogP contribution in [-0.4, -0.2) is 43.3 Å². The minimum Gasteiger partial charge on any atom is -0.378 e. The van der Waals surface area contributed by atoms with Gasteiger partial charge in [-0.2, -0.15) is 0 Å². The molecule has 0 spiro atoms. The molecule has 2 aliphatic rings. The standard InChI is InChI=1S/C12H24N2O/c1-10-8-14(9-12(10)13)6-2-4-11-5-3-7-15-11/h10-12H,2-9,13H2,1H3. The summed E-state index contributed by atoms with van der Waals surface area (Å²) in [6, 6.07) is 0.396. The lowest BCUT2D eigenvalue weighted by Crippen LogP contribution is -2.29. The van der Waals surface area contributed by atoms with Crippen LogP contribution in [0, 0.1) is 5.92 Å². The van der Waals surface area contributed by atoms with Gasteiger partial charge in [-0.1, -0.05) is 6.92 Å². The molecule has 2 fully saturated rings. The van der Waals surface area contributed by atoms with Crippen molar-refractivity contribution in [2.45, 2.75) is 44.8 Å². The Balaban J connectivity index is 1.58. The van der Waals surface area contributed by atoms with Crippen molar-refractivity contribution in [1.82, 2.24) is 4.90 Å². The highest BCUT2D eigenvalue weighted by Gasteiger charge is 2.26. The summed E-state index contributed by atoms with van der Waals surface area (Å²) in [5, 5.41) is 0. The summed E-state index contributed by atoms with van der Waals surface area (Å²) in [4.78, 5) is 2.50. The average Bonchev–Trinajstić information content (AvgIpc) is 2.79. The van der Waals surface area contributed by atoms with Gasteiger partial charge in [-0.25, -0.2) is 0 Å². The van der Waals surface area contributed by atoms with Crippen LogP contribution in [0.3, 0.4) is 0 Å². The molecule has 2 rings (SSSR count). The van der Waals surface area contributed by atoms with Crippen molar-refractivity contribution in [2.75, 3.05) is 26.2 Å². The van der Waals surface area contributed by atoms with Gasteiger partial charge in [-0.3, -0.25) is 0 Å². The summed E-state index contributed by atoms with van der Waals surface area (Å²) in [7, 11) is 0. The van der Waals surface area contributed by atoms with Crippen LogP contribution in [-0.2, 0) is 4.74 Å². The third-order valence-corrected chi connectivity index (χ3v) is 3.77. The molecule has 88 valence electrons. The van der Waals surface area contributed by atoms with Crippen molar-refractivity contribution < 1.29 is 4.74 Å². The summed E-state index contributed by atoms with van der Waals surface area (Å²) < 4.78 is 5.62. The minimum absolute atomic E-state index is 0.396. The van der Waals surface area contributed by atoms with E-state index in [0.29, 0.717) is 18.1 Å². The van der Waals surface area contributed by atoms with Crippen LogP contribution in [0.5, 0.6) is 0 Å². The fourth-order valence-electron chi connectivity index (χ4n) is 2.69. The van der Waals surface area contributed by atoms with Crippen molar-refractivity contribution in [3.63, 3.8) is 0 Å². The maximum absolute atomic E-state index is 6.00. The van der Waals surface area contributed by atoms with Crippen LogP contribution in [0.2, 0.25) is 0 Å². The number of hydrogen-bond acceptors (Lipinski definition) is 3. The monoisotopic (exact) mass is 212 g/mol. The van der Waals surface area contributed by atoms with Gasteiger partial charge in [0.05, 0.1) is 6.10 Å². The second kappa shape index (κ2) is 5.28. The molecule has 15 heavy (non-hydrogen) atoms. The number of nitrogens with two attached hydrogens (primary N) is 1. The van der Waals surface area contributed by atoms with Crippen LogP contribution >= 0.6 is 0 Å². The van der Waals surface area contributed by atoms with E-state index in [1.165, 1.54) is 38.8 Å². The van der Waals surface area contributed by atoms with E-state index in [9.17, 15) is 0 Å². The summed E-state index contributed by atoms with van der Waals surface area (Å²) in [5.74, 6) is 0.674. The van der Waals surface area contributed by atoms with Crippen molar-refractivity contribution in [2.24, 2.45) is 11.7 Å². The highest BCUT2D eigenvalue weighted by molar-refractivity contribution is 4.83. The third kappa shape index (κ3) is 3.16. The summed E-state index contributed by atoms with van der Waals surface area (Å²) in [6.07, 6.45) is 5.59. The van der Waals surface area contributed by atoms with Gasteiger partial charge in [-0.15, -0.1) is 0 Å². The molecule has 3 nitrogen and oxygen atoms in total. The number of rotatable bonds is 4. The molecule has 0 aromatic rings. The Kier molecular flexibility index (Phi) is 4.00. The lowest BCUT2D eigenvalue weighted by molar-refractivity contribution is 0.0995. The van der Waals surface area contributed by atoms with Crippen molar-refractivity contribution in [1.29, 1.82) is 0 Å². The van der Waals surface area contributed by atoms with Gasteiger partial charge >= 0.3 is 0 Å². The summed E-state index contributed by atoms with van der Waals surface area (Å²) in [6.45, 7) is 6.72. The molecule has 0 aromatic heterocycles. The molecule has 3 heteroatoms. The zero-order valence-corrected chi connectivity index (χ0v) is 9.82. The Morgan fingerprint density at radius 3 is 2.87 bits per heavy atom. The molecule has 3 unspecified atom stereocenters. The van der Waals surface area contributed by atoms with Crippen molar-refractivity contribution in [3.8, 4) is 0 Å². The minimum atomic E-state index is 0.396. The van der Waals surface area contributed by atoms with Crippen LogP contribution in [0.1, 0.15) is 32.6 Å². The Morgan fingerprint density at radius 2 is 2.27 bits per heavy atom. The molecule has 0 amide bonds. The molecule has 0 aromatic carbocycles. The Labute approximate surface area is 93.0 Å². The molecule has 2 heterocycles. The fraction of sp³-hybridized carbons (Fsp3) is 1.00. The molecule has 0 aliphatic carbocycles. The summed E-state index contributed by atoms with van der Waals surface area (Å²) >= 11 is 0. The number of nitrogens with zero attached hydrogens (tertiary/aromatic N) is 1. The third-order valence-electron chi connectivity index (χ3n) is 3.77. The van der Waals surface area contributed by atoms with Crippen LogP contribution < -0.4 is 5.73 Å². The lowest BCUT2D eigenvalue weighted by atomic mass is 10.1. The zero-order valence-electron chi connectivity index (χ0n) is 9.82. The van der Waals surface area contributed by atoms with E-state index < -0.39 is 0 Å². The molecule has 2 N–H and O–H groups in total. The van der Waals surface area contributed by atoms with E-state index >= 15 is 0 Å². The second-order valence-electron chi connectivity index (χ2n) is 5.18. The Bertz CT molecular complexity index is 182. The first kappa shape index (κ1) is 11.4. The van der Waals surface area contributed by atoms with Gasteiger partial charge in [0.15, 0.2) is 0 Å². The molecule has 0 radical (unpaired) electrons. The lowest BCUT2D eigenvalue weighted by Gasteiger charge is -2.16. The van der Waals surface area contributed by atoms with E-state index in [-0.39, 0.29) is 0 Å². The Morgan fingerprint density at radius 1 is 1.40 bits per heavy atom. The predicted octanol–water partition coefficient (Wildman–Crippen LogP) is 1.22. The maximum Gasteiger partial charge on any atom is 0.0576 e. The molecule has 0 saturated carbocycles. The first-order chi connectivity index (χ1) is 7.25. The normalized spacial score (nSPS) is 37.6. The van der Waals surface area contributed by atoms with Gasteiger partial charge < -0.3 is 15.4 Å². The number of ether oxygens (including phenoxy) is 1. The molecule has 2 aliphatic heterocycles. The first-order valence-electron chi connectivity index (χ1n) is 6.35. The van der Waals surface area contributed by atoms with Crippen LogP contribution in [0.15, 0.2) is 0 Å². The topological polar surface area (TPSA) is 38.5 Å². The van der Waals surface area contributed by atoms with Gasteiger partial charge in [-0.05, 0) is 38.1 Å². The first-order valence-corrected chi connectivity index (χ1v) is 6.35. The SMILES string of the molecule is CC1CN(CCCC2CCCO2)CC1N. The fourth-order valence-corrected chi connectivity index (χ4v) is 2.69. The maximum atomic E-state index is 6.00. The van der Waals surface area contributed by atoms with Gasteiger partial charge in [0, 0.05) is 25.7 Å². The molecular formula is C12H24N2O. The highest BCUT2D eigenvalue weighted by Crippen LogP contribution is 2.19. The van der Waals surface area contributed by atoms with Crippen molar-refractivity contribution >= 4 is 0 Å². The molecule has 3 atom stereocenters. The van der Waals surface area contributed by atoms with Gasteiger partial charge in [0.25, 0.3) is 0 Å². The van der Waals surface area contributed by atoms with Crippen molar-refractivity contribution in [3.05, 3.63) is 0 Å². The van der Waals surface area contributed by atoms with E-state index in [0.717, 1.165) is 13.2 Å². The van der Waals surface area contributed by atoms with E-state index in [1.54, 1.807) is 0 Å². The molecular weight excluding hydrogens is 188 g/mol. The predicted molar refractivity (Wildman–Crippen MR) is 61.8 cm³/mol. The van der Waals surface area contributed by atoms with E-state index in [4.69, 9.17) is 10.5 Å². The molecule has 0 bridgehead atoms.